The number of rotatable bonds is 9. The fourth-order valence-corrected chi connectivity index (χ4v) is 2.88. The zero-order valence-electron chi connectivity index (χ0n) is 15.4. The number of aliphatic imine (C=N–C) groups is 1. The fourth-order valence-electron chi connectivity index (χ4n) is 2.88. The van der Waals surface area contributed by atoms with Gasteiger partial charge in [0.05, 0.1) is 6.10 Å². The van der Waals surface area contributed by atoms with Crippen molar-refractivity contribution in [3.05, 3.63) is 29.8 Å². The molecule has 25 heavy (non-hydrogen) atoms. The molecular formula is C19H32IN3O2. The van der Waals surface area contributed by atoms with Crippen LogP contribution in [0, 0.1) is 0 Å². The molecule has 1 aromatic rings. The zero-order valence-corrected chi connectivity index (χ0v) is 17.8. The molecule has 1 aliphatic carbocycles. The summed E-state index contributed by atoms with van der Waals surface area (Å²) in [7, 11) is 1.79. The molecule has 0 radical (unpaired) electrons. The Morgan fingerprint density at radius 1 is 1.20 bits per heavy atom. The van der Waals surface area contributed by atoms with Gasteiger partial charge in [-0.15, -0.1) is 24.0 Å². The van der Waals surface area contributed by atoms with Gasteiger partial charge in [0.25, 0.3) is 0 Å². The highest BCUT2D eigenvalue weighted by atomic mass is 127. The summed E-state index contributed by atoms with van der Waals surface area (Å²) in [6.07, 6.45) is 6.25. The van der Waals surface area contributed by atoms with E-state index in [0.29, 0.717) is 12.6 Å². The molecule has 1 aliphatic rings. The van der Waals surface area contributed by atoms with Crippen molar-refractivity contribution in [2.45, 2.75) is 51.7 Å². The lowest BCUT2D eigenvalue weighted by Crippen LogP contribution is -2.37. The van der Waals surface area contributed by atoms with E-state index in [1.54, 1.807) is 7.05 Å². The maximum atomic E-state index is 6.18. The van der Waals surface area contributed by atoms with Gasteiger partial charge in [-0.05, 0) is 45.1 Å². The Morgan fingerprint density at radius 2 is 1.96 bits per heavy atom. The number of benzene rings is 1. The van der Waals surface area contributed by atoms with Crippen LogP contribution in [0.15, 0.2) is 29.3 Å². The van der Waals surface area contributed by atoms with Crippen molar-refractivity contribution in [1.29, 1.82) is 0 Å². The van der Waals surface area contributed by atoms with Crippen LogP contribution in [-0.4, -0.2) is 38.9 Å². The summed E-state index contributed by atoms with van der Waals surface area (Å²) in [5.74, 6) is 1.80. The van der Waals surface area contributed by atoms with Gasteiger partial charge < -0.3 is 20.1 Å². The molecule has 1 aromatic carbocycles. The molecule has 0 spiro atoms. The molecule has 0 saturated heterocycles. The third-order valence-electron chi connectivity index (χ3n) is 4.20. The molecule has 6 heteroatoms. The summed E-state index contributed by atoms with van der Waals surface area (Å²) < 4.78 is 11.5. The Hall–Kier alpha value is -1.02. The number of hydrogen-bond acceptors (Lipinski definition) is 3. The van der Waals surface area contributed by atoms with E-state index in [2.05, 4.69) is 33.8 Å². The summed E-state index contributed by atoms with van der Waals surface area (Å²) in [6, 6.07) is 8.26. The van der Waals surface area contributed by atoms with E-state index in [4.69, 9.17) is 9.47 Å². The summed E-state index contributed by atoms with van der Waals surface area (Å²) in [4.78, 5) is 4.27. The first-order valence-electron chi connectivity index (χ1n) is 9.10. The summed E-state index contributed by atoms with van der Waals surface area (Å²) >= 11 is 0. The number of para-hydroxylation sites is 1. The zero-order chi connectivity index (χ0) is 17.0. The Morgan fingerprint density at radius 3 is 2.68 bits per heavy atom. The van der Waals surface area contributed by atoms with E-state index >= 15 is 0 Å². The first-order valence-corrected chi connectivity index (χ1v) is 9.10. The van der Waals surface area contributed by atoms with Crippen LogP contribution in [0.5, 0.6) is 5.75 Å². The highest BCUT2D eigenvalue weighted by molar-refractivity contribution is 14.0. The number of ether oxygens (including phenoxy) is 2. The number of hydrogen-bond donors (Lipinski definition) is 2. The normalized spacial score (nSPS) is 14.9. The average molecular weight is 461 g/mol. The van der Waals surface area contributed by atoms with Gasteiger partial charge in [0.1, 0.15) is 5.75 Å². The molecule has 1 fully saturated rings. The highest BCUT2D eigenvalue weighted by Gasteiger charge is 2.17. The number of nitrogens with one attached hydrogen (secondary N) is 2. The Balaban J connectivity index is 0.00000312. The van der Waals surface area contributed by atoms with Crippen molar-refractivity contribution < 1.29 is 9.47 Å². The van der Waals surface area contributed by atoms with E-state index in [1.165, 1.54) is 31.2 Å². The van der Waals surface area contributed by atoms with Gasteiger partial charge in [-0.2, -0.15) is 0 Å². The van der Waals surface area contributed by atoms with Gasteiger partial charge in [0.2, 0.25) is 0 Å². The van der Waals surface area contributed by atoms with Crippen LogP contribution in [0.1, 0.15) is 44.6 Å². The van der Waals surface area contributed by atoms with Crippen molar-refractivity contribution in [2.75, 3.05) is 26.8 Å². The second kappa shape index (κ2) is 13.2. The molecule has 0 bridgehead atoms. The van der Waals surface area contributed by atoms with Crippen LogP contribution in [0.2, 0.25) is 0 Å². The molecule has 0 amide bonds. The van der Waals surface area contributed by atoms with Crippen LogP contribution < -0.4 is 15.4 Å². The number of halogens is 1. The Bertz CT molecular complexity index is 505. The first kappa shape index (κ1) is 22.0. The van der Waals surface area contributed by atoms with Gasteiger partial charge in [-0.25, -0.2) is 0 Å². The molecule has 0 aromatic heterocycles. The molecule has 0 aliphatic heterocycles. The number of guanidine groups is 1. The maximum absolute atomic E-state index is 6.18. The van der Waals surface area contributed by atoms with Crippen LogP contribution >= 0.6 is 24.0 Å². The third-order valence-corrected chi connectivity index (χ3v) is 4.20. The van der Waals surface area contributed by atoms with E-state index in [1.807, 2.05) is 13.0 Å². The monoisotopic (exact) mass is 461 g/mol. The molecule has 2 rings (SSSR count). The molecule has 2 N–H and O–H groups in total. The molecule has 0 atom stereocenters. The SMILES string of the molecule is CCOCCCNC(=NC)NCc1ccccc1OC1CCCC1.I. The third kappa shape index (κ3) is 8.27. The molecule has 1 saturated carbocycles. The average Bonchev–Trinajstić information content (AvgIpc) is 3.11. The Kier molecular flexibility index (Phi) is 11.6. The van der Waals surface area contributed by atoms with Gasteiger partial charge in [-0.3, -0.25) is 4.99 Å². The summed E-state index contributed by atoms with van der Waals surface area (Å²) in [6.45, 7) is 5.11. The predicted octanol–water partition coefficient (Wildman–Crippen LogP) is 3.72. The minimum Gasteiger partial charge on any atom is -0.490 e. The van der Waals surface area contributed by atoms with Crippen molar-refractivity contribution in [3.8, 4) is 5.75 Å². The van der Waals surface area contributed by atoms with E-state index in [-0.39, 0.29) is 24.0 Å². The minimum atomic E-state index is 0. The lowest BCUT2D eigenvalue weighted by atomic mass is 10.2. The minimum absolute atomic E-state index is 0. The maximum Gasteiger partial charge on any atom is 0.191 e. The second-order valence-electron chi connectivity index (χ2n) is 6.04. The molecule has 142 valence electrons. The van der Waals surface area contributed by atoms with Crippen LogP contribution in [-0.2, 0) is 11.3 Å². The quantitative estimate of drug-likeness (QED) is 0.255. The Labute approximate surface area is 169 Å². The standard InChI is InChI=1S/C19H31N3O2.HI/c1-3-23-14-8-13-21-19(20-2)22-15-16-9-4-7-12-18(16)24-17-10-5-6-11-17;/h4,7,9,12,17H,3,5-6,8,10-11,13-15H2,1-2H3,(H2,20,21,22);1H. The van der Waals surface area contributed by atoms with Crippen LogP contribution in [0.25, 0.3) is 0 Å². The van der Waals surface area contributed by atoms with Crippen molar-refractivity contribution >= 4 is 29.9 Å². The van der Waals surface area contributed by atoms with E-state index < -0.39 is 0 Å². The lowest BCUT2D eigenvalue weighted by molar-refractivity contribution is 0.145. The van der Waals surface area contributed by atoms with Crippen molar-refractivity contribution in [1.82, 2.24) is 10.6 Å². The van der Waals surface area contributed by atoms with E-state index in [0.717, 1.165) is 37.9 Å². The van der Waals surface area contributed by atoms with Crippen LogP contribution in [0.4, 0.5) is 0 Å². The smallest absolute Gasteiger partial charge is 0.191 e. The van der Waals surface area contributed by atoms with Gasteiger partial charge in [-0.1, -0.05) is 18.2 Å². The van der Waals surface area contributed by atoms with Crippen molar-refractivity contribution in [3.63, 3.8) is 0 Å². The van der Waals surface area contributed by atoms with Gasteiger partial charge >= 0.3 is 0 Å². The van der Waals surface area contributed by atoms with E-state index in [9.17, 15) is 0 Å². The first-order chi connectivity index (χ1) is 11.8. The highest BCUT2D eigenvalue weighted by Crippen LogP contribution is 2.26. The predicted molar refractivity (Wildman–Crippen MR) is 114 cm³/mol. The van der Waals surface area contributed by atoms with Gasteiger partial charge in [0.15, 0.2) is 5.96 Å². The largest absolute Gasteiger partial charge is 0.490 e. The molecule has 0 heterocycles. The summed E-state index contributed by atoms with van der Waals surface area (Å²) in [5, 5.41) is 6.67. The van der Waals surface area contributed by atoms with Crippen LogP contribution in [0.3, 0.4) is 0 Å². The topological polar surface area (TPSA) is 54.9 Å². The van der Waals surface area contributed by atoms with Gasteiger partial charge in [0, 0.05) is 38.9 Å². The molecule has 5 nitrogen and oxygen atoms in total. The number of nitrogens with zero attached hydrogens (tertiary/aromatic N) is 1. The fraction of sp³-hybridized carbons (Fsp3) is 0.632. The second-order valence-corrected chi connectivity index (χ2v) is 6.04. The van der Waals surface area contributed by atoms with Crippen molar-refractivity contribution in [2.24, 2.45) is 4.99 Å². The molecule has 0 unspecified atom stereocenters. The molecular weight excluding hydrogens is 429 g/mol. The summed E-state index contributed by atoms with van der Waals surface area (Å²) in [5.41, 5.74) is 1.17. The lowest BCUT2D eigenvalue weighted by Gasteiger charge is -2.18.